The topological polar surface area (TPSA) is 46.9 Å². The lowest BCUT2D eigenvalue weighted by atomic mass is 10.2. The van der Waals surface area contributed by atoms with E-state index in [-0.39, 0.29) is 11.8 Å². The number of carbonyl (C=O) groups is 1. The number of benzene rings is 1. The molecule has 4 nitrogen and oxygen atoms in total. The molecule has 0 unspecified atom stereocenters. The fourth-order valence-corrected chi connectivity index (χ4v) is 2.38. The summed E-state index contributed by atoms with van der Waals surface area (Å²) in [5, 5.41) is 8.34. The molecule has 0 atom stereocenters. The highest BCUT2D eigenvalue weighted by atomic mass is 35.5. The van der Waals surface area contributed by atoms with Crippen molar-refractivity contribution < 1.29 is 4.79 Å². The maximum atomic E-state index is 11.6. The number of nitrogens with one attached hydrogen (secondary N) is 1. The minimum Gasteiger partial charge on any atom is -0.309 e. The van der Waals surface area contributed by atoms with Crippen LogP contribution in [-0.4, -0.2) is 15.7 Å². The summed E-state index contributed by atoms with van der Waals surface area (Å²) in [6.45, 7) is 0.537. The van der Waals surface area contributed by atoms with Crippen LogP contribution in [0.15, 0.2) is 30.5 Å². The molecule has 1 saturated carbocycles. The molecule has 6 heteroatoms. The van der Waals surface area contributed by atoms with Gasteiger partial charge in [-0.15, -0.1) is 0 Å². The molecule has 1 aromatic heterocycles. The van der Waals surface area contributed by atoms with Crippen molar-refractivity contribution in [3.8, 4) is 0 Å². The minimum absolute atomic E-state index is 0.0553. The molecule has 1 N–H and O–H groups in total. The van der Waals surface area contributed by atoms with E-state index < -0.39 is 0 Å². The highest BCUT2D eigenvalue weighted by Gasteiger charge is 2.29. The average Bonchev–Trinajstić information content (AvgIpc) is 3.16. The van der Waals surface area contributed by atoms with Gasteiger partial charge in [0.15, 0.2) is 5.82 Å². The van der Waals surface area contributed by atoms with Gasteiger partial charge < -0.3 is 5.32 Å². The Kier molecular flexibility index (Phi) is 3.68. The van der Waals surface area contributed by atoms with E-state index in [2.05, 4.69) is 10.4 Å². The SMILES string of the molecule is O=C(Nc1ccn(Cc2ccc(Cl)cc2Cl)n1)C1CC1. The first-order chi connectivity index (χ1) is 9.61. The summed E-state index contributed by atoms with van der Waals surface area (Å²) >= 11 is 12.0. The van der Waals surface area contributed by atoms with E-state index in [0.717, 1.165) is 18.4 Å². The molecular formula is C14H13Cl2N3O. The molecule has 0 bridgehead atoms. The quantitative estimate of drug-likeness (QED) is 0.938. The van der Waals surface area contributed by atoms with Crippen LogP contribution in [0.4, 0.5) is 5.82 Å². The van der Waals surface area contributed by atoms with Crippen LogP contribution in [0.1, 0.15) is 18.4 Å². The third-order valence-electron chi connectivity index (χ3n) is 3.19. The van der Waals surface area contributed by atoms with E-state index in [1.54, 1.807) is 22.9 Å². The molecular weight excluding hydrogens is 297 g/mol. The van der Waals surface area contributed by atoms with Crippen molar-refractivity contribution in [1.82, 2.24) is 9.78 Å². The number of halogens is 2. The molecule has 0 radical (unpaired) electrons. The van der Waals surface area contributed by atoms with Gasteiger partial charge in [-0.3, -0.25) is 9.48 Å². The lowest BCUT2D eigenvalue weighted by Gasteiger charge is -2.05. The van der Waals surface area contributed by atoms with Crippen LogP contribution in [0.25, 0.3) is 0 Å². The Bertz CT molecular complexity index is 650. The third kappa shape index (κ3) is 3.14. The molecule has 0 spiro atoms. The molecule has 2 aromatic rings. The molecule has 0 aliphatic heterocycles. The van der Waals surface area contributed by atoms with Gasteiger partial charge in [0, 0.05) is 28.2 Å². The number of rotatable bonds is 4. The van der Waals surface area contributed by atoms with Crippen molar-refractivity contribution in [3.05, 3.63) is 46.1 Å². The van der Waals surface area contributed by atoms with Crippen molar-refractivity contribution >= 4 is 34.9 Å². The maximum Gasteiger partial charge on any atom is 0.228 e. The largest absolute Gasteiger partial charge is 0.309 e. The van der Waals surface area contributed by atoms with Crippen LogP contribution in [0.5, 0.6) is 0 Å². The van der Waals surface area contributed by atoms with Crippen LogP contribution in [-0.2, 0) is 11.3 Å². The van der Waals surface area contributed by atoms with Crippen molar-refractivity contribution in [1.29, 1.82) is 0 Å². The Morgan fingerprint density at radius 3 is 2.85 bits per heavy atom. The molecule has 0 saturated heterocycles. The fourth-order valence-electron chi connectivity index (χ4n) is 1.91. The van der Waals surface area contributed by atoms with Gasteiger partial charge in [0.1, 0.15) is 0 Å². The molecule has 1 aromatic carbocycles. The summed E-state index contributed by atoms with van der Waals surface area (Å²) in [5.74, 6) is 0.803. The fraction of sp³-hybridized carbons (Fsp3) is 0.286. The Balaban J connectivity index is 1.68. The van der Waals surface area contributed by atoms with Crippen LogP contribution < -0.4 is 5.32 Å². The van der Waals surface area contributed by atoms with E-state index in [0.29, 0.717) is 22.4 Å². The lowest BCUT2D eigenvalue weighted by molar-refractivity contribution is -0.117. The van der Waals surface area contributed by atoms with Crippen LogP contribution >= 0.6 is 23.2 Å². The first kappa shape index (κ1) is 13.5. The monoisotopic (exact) mass is 309 g/mol. The summed E-state index contributed by atoms with van der Waals surface area (Å²) in [5.41, 5.74) is 0.930. The number of aromatic nitrogens is 2. The molecule has 20 heavy (non-hydrogen) atoms. The van der Waals surface area contributed by atoms with Gasteiger partial charge in [-0.05, 0) is 30.5 Å². The smallest absolute Gasteiger partial charge is 0.228 e. The molecule has 1 aliphatic rings. The van der Waals surface area contributed by atoms with Crippen LogP contribution in [0, 0.1) is 5.92 Å². The zero-order valence-electron chi connectivity index (χ0n) is 10.6. The number of amides is 1. The van der Waals surface area contributed by atoms with Crippen molar-refractivity contribution in [2.24, 2.45) is 5.92 Å². The summed E-state index contributed by atoms with van der Waals surface area (Å²) in [6, 6.07) is 7.15. The second kappa shape index (κ2) is 5.46. The molecule has 3 rings (SSSR count). The van der Waals surface area contributed by atoms with Gasteiger partial charge in [0.2, 0.25) is 5.91 Å². The molecule has 1 amide bonds. The number of nitrogens with zero attached hydrogens (tertiary/aromatic N) is 2. The molecule has 1 aliphatic carbocycles. The second-order valence-corrected chi connectivity index (χ2v) is 5.74. The van der Waals surface area contributed by atoms with Crippen LogP contribution in [0.3, 0.4) is 0 Å². The highest BCUT2D eigenvalue weighted by molar-refractivity contribution is 6.35. The number of hydrogen-bond acceptors (Lipinski definition) is 2. The lowest BCUT2D eigenvalue weighted by Crippen LogP contribution is -2.14. The average molecular weight is 310 g/mol. The van der Waals surface area contributed by atoms with Gasteiger partial charge in [-0.25, -0.2) is 0 Å². The van der Waals surface area contributed by atoms with Gasteiger partial charge in [-0.1, -0.05) is 29.3 Å². The Morgan fingerprint density at radius 1 is 1.35 bits per heavy atom. The van der Waals surface area contributed by atoms with E-state index in [1.165, 1.54) is 0 Å². The molecule has 1 fully saturated rings. The first-order valence-electron chi connectivity index (χ1n) is 6.40. The van der Waals surface area contributed by atoms with Crippen molar-refractivity contribution in [3.63, 3.8) is 0 Å². The first-order valence-corrected chi connectivity index (χ1v) is 7.15. The zero-order valence-corrected chi connectivity index (χ0v) is 12.2. The normalized spacial score (nSPS) is 14.3. The predicted molar refractivity (Wildman–Crippen MR) is 79.1 cm³/mol. The highest BCUT2D eigenvalue weighted by Crippen LogP contribution is 2.30. The van der Waals surface area contributed by atoms with E-state index >= 15 is 0 Å². The minimum atomic E-state index is 0.0553. The number of carbonyl (C=O) groups excluding carboxylic acids is 1. The zero-order chi connectivity index (χ0) is 14.1. The van der Waals surface area contributed by atoms with E-state index in [4.69, 9.17) is 23.2 Å². The van der Waals surface area contributed by atoms with Gasteiger partial charge in [0.05, 0.1) is 6.54 Å². The van der Waals surface area contributed by atoms with Gasteiger partial charge in [-0.2, -0.15) is 5.10 Å². The molecule has 1 heterocycles. The Labute approximate surface area is 126 Å². The maximum absolute atomic E-state index is 11.6. The summed E-state index contributed by atoms with van der Waals surface area (Å²) in [6.07, 6.45) is 3.77. The van der Waals surface area contributed by atoms with E-state index in [1.807, 2.05) is 12.3 Å². The Morgan fingerprint density at radius 2 is 2.15 bits per heavy atom. The van der Waals surface area contributed by atoms with E-state index in [9.17, 15) is 4.79 Å². The Hall–Kier alpha value is -1.52. The molecule has 104 valence electrons. The van der Waals surface area contributed by atoms with Crippen LogP contribution in [0.2, 0.25) is 10.0 Å². The predicted octanol–water partition coefficient (Wildman–Crippen LogP) is 3.59. The van der Waals surface area contributed by atoms with Gasteiger partial charge >= 0.3 is 0 Å². The second-order valence-electron chi connectivity index (χ2n) is 4.90. The summed E-state index contributed by atoms with van der Waals surface area (Å²) in [4.78, 5) is 11.6. The summed E-state index contributed by atoms with van der Waals surface area (Å²) in [7, 11) is 0. The van der Waals surface area contributed by atoms with Crippen molar-refractivity contribution in [2.75, 3.05) is 5.32 Å². The number of hydrogen-bond donors (Lipinski definition) is 1. The standard InChI is InChI=1S/C14H13Cl2N3O/c15-11-4-3-10(12(16)7-11)8-19-6-5-13(18-19)17-14(20)9-1-2-9/h3-7,9H,1-2,8H2,(H,17,18,20). The summed E-state index contributed by atoms with van der Waals surface area (Å²) < 4.78 is 1.73. The number of anilines is 1. The van der Waals surface area contributed by atoms with Crippen molar-refractivity contribution in [2.45, 2.75) is 19.4 Å². The third-order valence-corrected chi connectivity index (χ3v) is 3.77. The van der Waals surface area contributed by atoms with Gasteiger partial charge in [0.25, 0.3) is 0 Å².